The van der Waals surface area contributed by atoms with Crippen molar-refractivity contribution in [2.24, 2.45) is 5.73 Å². The summed E-state index contributed by atoms with van der Waals surface area (Å²) in [5.41, 5.74) is 6.47. The molecular formula is C15H22BrN3O. The van der Waals surface area contributed by atoms with E-state index in [0.717, 1.165) is 43.1 Å². The van der Waals surface area contributed by atoms with Gasteiger partial charge in [-0.1, -0.05) is 6.92 Å². The molecule has 1 aliphatic carbocycles. The third-order valence-electron chi connectivity index (χ3n) is 3.87. The van der Waals surface area contributed by atoms with Gasteiger partial charge in [0.2, 0.25) is 0 Å². The number of halogens is 1. The van der Waals surface area contributed by atoms with Crippen LogP contribution in [0.3, 0.4) is 0 Å². The van der Waals surface area contributed by atoms with Gasteiger partial charge in [0, 0.05) is 29.3 Å². The van der Waals surface area contributed by atoms with Crippen molar-refractivity contribution in [3.05, 3.63) is 28.5 Å². The van der Waals surface area contributed by atoms with Crippen molar-refractivity contribution in [3.63, 3.8) is 0 Å². The Morgan fingerprint density at radius 2 is 2.15 bits per heavy atom. The second-order valence-corrected chi connectivity index (χ2v) is 6.26. The first-order valence-electron chi connectivity index (χ1n) is 7.30. The van der Waals surface area contributed by atoms with E-state index >= 15 is 0 Å². The highest BCUT2D eigenvalue weighted by Gasteiger charge is 2.29. The molecule has 0 unspecified atom stereocenters. The Bertz CT molecular complexity index is 458. The van der Waals surface area contributed by atoms with E-state index in [1.54, 1.807) is 6.20 Å². The van der Waals surface area contributed by atoms with Crippen molar-refractivity contribution >= 4 is 21.8 Å². The summed E-state index contributed by atoms with van der Waals surface area (Å²) in [6.45, 7) is 2.88. The molecule has 0 atom stereocenters. The minimum atomic E-state index is 0.0276. The monoisotopic (exact) mass is 339 g/mol. The zero-order valence-corrected chi connectivity index (χ0v) is 13.5. The molecule has 0 aromatic carbocycles. The number of hydrogen-bond donors (Lipinski definition) is 1. The average Bonchev–Trinajstić information content (AvgIpc) is 2.46. The van der Waals surface area contributed by atoms with Crippen LogP contribution in [0.15, 0.2) is 22.8 Å². The van der Waals surface area contributed by atoms with Crippen LogP contribution in [-0.4, -0.2) is 34.4 Å². The second kappa shape index (κ2) is 7.18. The van der Waals surface area contributed by atoms with Crippen LogP contribution < -0.4 is 5.73 Å². The lowest BCUT2D eigenvalue weighted by Gasteiger charge is -2.36. The highest BCUT2D eigenvalue weighted by molar-refractivity contribution is 9.10. The number of pyridine rings is 1. The second-order valence-electron chi connectivity index (χ2n) is 5.40. The summed E-state index contributed by atoms with van der Waals surface area (Å²) < 4.78 is 0.763. The molecular weight excluding hydrogens is 318 g/mol. The minimum Gasteiger partial charge on any atom is -0.334 e. The fraction of sp³-hybridized carbons (Fsp3) is 0.600. The quantitative estimate of drug-likeness (QED) is 0.917. The summed E-state index contributed by atoms with van der Waals surface area (Å²) in [7, 11) is 0. The highest BCUT2D eigenvalue weighted by Crippen LogP contribution is 2.25. The Morgan fingerprint density at radius 1 is 1.45 bits per heavy atom. The fourth-order valence-corrected chi connectivity index (χ4v) is 3.21. The molecule has 2 N–H and O–H groups in total. The van der Waals surface area contributed by atoms with Crippen LogP contribution >= 0.6 is 15.9 Å². The molecule has 1 aromatic heterocycles. The number of amides is 1. The lowest BCUT2D eigenvalue weighted by Crippen LogP contribution is -2.45. The maximum Gasteiger partial charge on any atom is 0.273 e. The first kappa shape index (κ1) is 15.4. The van der Waals surface area contributed by atoms with E-state index in [0.29, 0.717) is 17.8 Å². The zero-order chi connectivity index (χ0) is 14.5. The van der Waals surface area contributed by atoms with Gasteiger partial charge in [-0.15, -0.1) is 0 Å². The maximum atomic E-state index is 12.7. The highest BCUT2D eigenvalue weighted by atomic mass is 79.9. The van der Waals surface area contributed by atoms with Gasteiger partial charge in [0.05, 0.1) is 0 Å². The van der Waals surface area contributed by atoms with E-state index in [1.165, 1.54) is 0 Å². The van der Waals surface area contributed by atoms with Crippen molar-refractivity contribution in [2.45, 2.75) is 51.1 Å². The first-order chi connectivity index (χ1) is 9.63. The molecule has 1 saturated carbocycles. The molecule has 5 heteroatoms. The molecule has 0 radical (unpaired) electrons. The Hall–Kier alpha value is -0.940. The molecule has 0 aliphatic heterocycles. The van der Waals surface area contributed by atoms with E-state index in [4.69, 9.17) is 5.73 Å². The van der Waals surface area contributed by atoms with E-state index in [1.807, 2.05) is 17.0 Å². The van der Waals surface area contributed by atoms with Crippen LogP contribution in [0.1, 0.15) is 49.5 Å². The van der Waals surface area contributed by atoms with Gasteiger partial charge in [-0.2, -0.15) is 0 Å². The molecule has 20 heavy (non-hydrogen) atoms. The number of rotatable bonds is 4. The van der Waals surface area contributed by atoms with E-state index in [9.17, 15) is 4.79 Å². The molecule has 110 valence electrons. The summed E-state index contributed by atoms with van der Waals surface area (Å²) >= 11 is 3.42. The number of hydrogen-bond acceptors (Lipinski definition) is 3. The van der Waals surface area contributed by atoms with Gasteiger partial charge >= 0.3 is 0 Å². The van der Waals surface area contributed by atoms with Gasteiger partial charge in [-0.05, 0) is 60.2 Å². The molecule has 4 nitrogen and oxygen atoms in total. The first-order valence-corrected chi connectivity index (χ1v) is 8.09. The maximum absolute atomic E-state index is 12.7. The minimum absolute atomic E-state index is 0.0276. The Labute approximate surface area is 128 Å². The third kappa shape index (κ3) is 3.58. The van der Waals surface area contributed by atoms with Gasteiger partial charge < -0.3 is 10.6 Å². The molecule has 1 amide bonds. The number of carbonyl (C=O) groups is 1. The summed E-state index contributed by atoms with van der Waals surface area (Å²) in [5.74, 6) is 0.0276. The molecule has 1 aliphatic rings. The Balaban J connectivity index is 2.16. The van der Waals surface area contributed by atoms with Crippen molar-refractivity contribution in [3.8, 4) is 0 Å². The van der Waals surface area contributed by atoms with E-state index < -0.39 is 0 Å². The van der Waals surface area contributed by atoms with Crippen LogP contribution in [-0.2, 0) is 0 Å². The number of nitrogens with two attached hydrogens (primary N) is 1. The number of carbonyl (C=O) groups excluding carboxylic acids is 1. The smallest absolute Gasteiger partial charge is 0.273 e. The molecule has 0 bridgehead atoms. The Kier molecular flexibility index (Phi) is 5.54. The summed E-state index contributed by atoms with van der Waals surface area (Å²) in [4.78, 5) is 19.0. The molecule has 1 fully saturated rings. The van der Waals surface area contributed by atoms with Gasteiger partial charge in [0.25, 0.3) is 5.91 Å². The molecule has 0 saturated heterocycles. The van der Waals surface area contributed by atoms with Gasteiger partial charge in [0.15, 0.2) is 0 Å². The Morgan fingerprint density at radius 3 is 2.75 bits per heavy atom. The topological polar surface area (TPSA) is 59.2 Å². The lowest BCUT2D eigenvalue weighted by molar-refractivity contribution is 0.0619. The van der Waals surface area contributed by atoms with Gasteiger partial charge in [-0.3, -0.25) is 4.79 Å². The van der Waals surface area contributed by atoms with Crippen molar-refractivity contribution < 1.29 is 4.79 Å². The molecule has 0 spiro atoms. The van der Waals surface area contributed by atoms with Crippen LogP contribution in [0.2, 0.25) is 0 Å². The third-order valence-corrected chi connectivity index (χ3v) is 4.51. The average molecular weight is 340 g/mol. The zero-order valence-electron chi connectivity index (χ0n) is 11.9. The molecule has 1 heterocycles. The van der Waals surface area contributed by atoms with Crippen LogP contribution in [0, 0.1) is 0 Å². The summed E-state index contributed by atoms with van der Waals surface area (Å²) in [6.07, 6.45) is 6.62. The predicted molar refractivity (Wildman–Crippen MR) is 83.5 cm³/mol. The van der Waals surface area contributed by atoms with E-state index in [2.05, 4.69) is 27.8 Å². The molecule has 1 aromatic rings. The summed E-state index contributed by atoms with van der Waals surface area (Å²) in [6, 6.07) is 4.29. The van der Waals surface area contributed by atoms with Crippen molar-refractivity contribution in [2.75, 3.05) is 6.54 Å². The van der Waals surface area contributed by atoms with E-state index in [-0.39, 0.29) is 5.91 Å². The number of nitrogens with zero attached hydrogens (tertiary/aromatic N) is 2. The SMILES string of the molecule is CCCN(C(=O)c1ncccc1Br)C1CCC(N)CC1. The fourth-order valence-electron chi connectivity index (χ4n) is 2.78. The van der Waals surface area contributed by atoms with Crippen LogP contribution in [0.4, 0.5) is 0 Å². The normalized spacial score (nSPS) is 22.6. The molecule has 2 rings (SSSR count). The number of aromatic nitrogens is 1. The van der Waals surface area contributed by atoms with Crippen LogP contribution in [0.5, 0.6) is 0 Å². The van der Waals surface area contributed by atoms with Crippen molar-refractivity contribution in [1.82, 2.24) is 9.88 Å². The standard InChI is InChI=1S/C15H22BrN3O/c1-2-10-19(12-7-5-11(17)6-8-12)15(20)14-13(16)4-3-9-18-14/h3-4,9,11-12H,2,5-8,10,17H2,1H3. The predicted octanol–water partition coefficient (Wildman–Crippen LogP) is 2.97. The van der Waals surface area contributed by atoms with Crippen LogP contribution in [0.25, 0.3) is 0 Å². The summed E-state index contributed by atoms with van der Waals surface area (Å²) in [5, 5.41) is 0. The lowest BCUT2D eigenvalue weighted by atomic mass is 9.90. The van der Waals surface area contributed by atoms with Gasteiger partial charge in [0.1, 0.15) is 5.69 Å². The van der Waals surface area contributed by atoms with Gasteiger partial charge in [-0.25, -0.2) is 4.98 Å². The van der Waals surface area contributed by atoms with Crippen molar-refractivity contribution in [1.29, 1.82) is 0 Å². The largest absolute Gasteiger partial charge is 0.334 e.